The molecule has 1 aromatic heterocycles. The molecule has 6 nitrogen and oxygen atoms in total. The van der Waals surface area contributed by atoms with Crippen molar-refractivity contribution in [1.29, 1.82) is 0 Å². The molecule has 1 heterocycles. The number of nitrogens with one attached hydrogen (secondary N) is 2. The molecule has 0 aliphatic rings. The second-order valence-corrected chi connectivity index (χ2v) is 7.83. The predicted octanol–water partition coefficient (Wildman–Crippen LogP) is 4.71. The lowest BCUT2D eigenvalue weighted by atomic mass is 10.1. The third kappa shape index (κ3) is 4.99. The van der Waals surface area contributed by atoms with Crippen LogP contribution in [0.4, 0.5) is 5.69 Å². The zero-order valence-corrected chi connectivity index (χ0v) is 16.8. The number of carbonyl (C=O) groups excluding carboxylic acids is 1. The number of hydrogen-bond acceptors (Lipinski definition) is 5. The van der Waals surface area contributed by atoms with Crippen molar-refractivity contribution >= 4 is 39.3 Å². The fraction of sp³-hybridized carbons (Fsp3) is 0.105. The van der Waals surface area contributed by atoms with Crippen LogP contribution < -0.4 is 11.1 Å². The van der Waals surface area contributed by atoms with Crippen LogP contribution in [0.2, 0.25) is 0 Å². The molecule has 0 spiro atoms. The molecular weight excluding hydrogens is 430 g/mol. The Bertz CT molecular complexity index is 1060. The summed E-state index contributed by atoms with van der Waals surface area (Å²) in [5.41, 5.74) is 2.64. The number of amides is 1. The molecule has 0 aliphatic heterocycles. The molecule has 0 atom stereocenters. The maximum Gasteiger partial charge on any atom is 0.439 e. The first kappa shape index (κ1) is 19.2. The zero-order valence-electron chi connectivity index (χ0n) is 14.4. The molecule has 2 aromatic carbocycles. The molecule has 0 saturated heterocycles. The highest BCUT2D eigenvalue weighted by Crippen LogP contribution is 2.29. The summed E-state index contributed by atoms with van der Waals surface area (Å²) >= 11 is 5.00. The monoisotopic (exact) mass is 445 g/mol. The van der Waals surface area contributed by atoms with E-state index in [-0.39, 0.29) is 11.7 Å². The Morgan fingerprint density at radius 2 is 2.15 bits per heavy atom. The third-order valence-electron chi connectivity index (χ3n) is 3.51. The maximum atomic E-state index is 12.7. The predicted molar refractivity (Wildman–Crippen MR) is 110 cm³/mol. The molecule has 0 saturated carbocycles. The van der Waals surface area contributed by atoms with Crippen LogP contribution in [0.1, 0.15) is 17.3 Å². The van der Waals surface area contributed by atoms with Crippen molar-refractivity contribution in [3.8, 4) is 11.4 Å². The Hall–Kier alpha value is -2.58. The van der Waals surface area contributed by atoms with E-state index in [1.54, 1.807) is 36.0 Å². The van der Waals surface area contributed by atoms with Gasteiger partial charge in [-0.25, -0.2) is 4.79 Å². The molecule has 3 rings (SSSR count). The molecule has 0 bridgehead atoms. The van der Waals surface area contributed by atoms with Crippen LogP contribution in [-0.2, 0) is 0 Å². The number of benzene rings is 2. The Morgan fingerprint density at radius 3 is 2.85 bits per heavy atom. The number of carbonyl (C=O) groups is 1. The third-order valence-corrected chi connectivity index (χ3v) is 5.22. The second-order valence-electron chi connectivity index (χ2n) is 5.86. The summed E-state index contributed by atoms with van der Waals surface area (Å²) in [4.78, 5) is 27.5. The van der Waals surface area contributed by atoms with E-state index in [0.717, 1.165) is 20.7 Å². The van der Waals surface area contributed by atoms with Gasteiger partial charge in [-0.2, -0.15) is 0 Å². The number of anilines is 1. The van der Waals surface area contributed by atoms with Gasteiger partial charge in [-0.3, -0.25) is 14.3 Å². The standard InChI is InChI=1S/C19H16BrN3O3S/c1-11(2)10-27-14-5-3-4-12(8-14)18(24)21-16-7-6-13(20)9-15(16)17-22-19(25)26-23-17/h3-9H,1,10H2,2H3,(H,21,24)(H,22,23,25). The minimum absolute atomic E-state index is 0.238. The minimum Gasteiger partial charge on any atom is -0.321 e. The molecule has 0 radical (unpaired) electrons. The van der Waals surface area contributed by atoms with Crippen molar-refractivity contribution in [3.05, 3.63) is 75.2 Å². The number of hydrogen-bond donors (Lipinski definition) is 2. The summed E-state index contributed by atoms with van der Waals surface area (Å²) in [7, 11) is 0. The zero-order chi connectivity index (χ0) is 19.4. The normalized spacial score (nSPS) is 10.6. The molecular formula is C19H16BrN3O3S. The van der Waals surface area contributed by atoms with Gasteiger partial charge >= 0.3 is 5.76 Å². The van der Waals surface area contributed by atoms with Gasteiger partial charge in [0.2, 0.25) is 0 Å². The molecule has 138 valence electrons. The van der Waals surface area contributed by atoms with Crippen LogP contribution in [0, 0.1) is 0 Å². The molecule has 3 aromatic rings. The van der Waals surface area contributed by atoms with Gasteiger partial charge < -0.3 is 5.32 Å². The van der Waals surface area contributed by atoms with E-state index >= 15 is 0 Å². The van der Waals surface area contributed by atoms with Gasteiger partial charge in [0.25, 0.3) is 5.91 Å². The Kier molecular flexibility index (Phi) is 5.98. The lowest BCUT2D eigenvalue weighted by Crippen LogP contribution is -2.13. The topological polar surface area (TPSA) is 88.0 Å². The van der Waals surface area contributed by atoms with E-state index in [1.165, 1.54) is 0 Å². The van der Waals surface area contributed by atoms with Crippen molar-refractivity contribution in [1.82, 2.24) is 10.1 Å². The summed E-state index contributed by atoms with van der Waals surface area (Å²) < 4.78 is 5.34. The van der Waals surface area contributed by atoms with Crippen LogP contribution in [0.5, 0.6) is 0 Å². The van der Waals surface area contributed by atoms with Crippen LogP contribution in [0.25, 0.3) is 11.4 Å². The van der Waals surface area contributed by atoms with Crippen molar-refractivity contribution in [2.75, 3.05) is 11.1 Å². The van der Waals surface area contributed by atoms with E-state index in [9.17, 15) is 9.59 Å². The summed E-state index contributed by atoms with van der Waals surface area (Å²) in [5.74, 6) is 0.107. The van der Waals surface area contributed by atoms with E-state index in [0.29, 0.717) is 16.8 Å². The van der Waals surface area contributed by atoms with Gasteiger partial charge in [0.1, 0.15) is 0 Å². The summed E-state index contributed by atoms with van der Waals surface area (Å²) in [6.45, 7) is 5.85. The number of thioether (sulfide) groups is 1. The quantitative estimate of drug-likeness (QED) is 0.423. The van der Waals surface area contributed by atoms with Crippen LogP contribution in [0.3, 0.4) is 0 Å². The fourth-order valence-corrected chi connectivity index (χ4v) is 3.45. The average Bonchev–Trinajstić information content (AvgIpc) is 3.08. The number of halogens is 1. The van der Waals surface area contributed by atoms with Gasteiger partial charge in [0.15, 0.2) is 5.82 Å². The Labute approximate surface area is 168 Å². The van der Waals surface area contributed by atoms with Gasteiger partial charge in [0.05, 0.1) is 5.69 Å². The highest BCUT2D eigenvalue weighted by Gasteiger charge is 2.14. The Balaban J connectivity index is 1.85. The molecule has 27 heavy (non-hydrogen) atoms. The largest absolute Gasteiger partial charge is 0.439 e. The van der Waals surface area contributed by atoms with Crippen molar-refractivity contribution < 1.29 is 9.32 Å². The van der Waals surface area contributed by atoms with Gasteiger partial charge in [-0.1, -0.05) is 39.3 Å². The van der Waals surface area contributed by atoms with Crippen molar-refractivity contribution in [2.45, 2.75) is 11.8 Å². The van der Waals surface area contributed by atoms with E-state index < -0.39 is 5.76 Å². The first-order valence-corrected chi connectivity index (χ1v) is 9.75. The van der Waals surface area contributed by atoms with E-state index in [1.807, 2.05) is 25.1 Å². The van der Waals surface area contributed by atoms with E-state index in [2.05, 4.69) is 42.5 Å². The van der Waals surface area contributed by atoms with Gasteiger partial charge in [0, 0.05) is 26.2 Å². The van der Waals surface area contributed by atoms with Crippen LogP contribution in [-0.4, -0.2) is 21.8 Å². The van der Waals surface area contributed by atoms with Crippen molar-refractivity contribution in [3.63, 3.8) is 0 Å². The van der Waals surface area contributed by atoms with Crippen LogP contribution >= 0.6 is 27.7 Å². The smallest absolute Gasteiger partial charge is 0.321 e. The number of H-pyrrole nitrogens is 1. The second kappa shape index (κ2) is 8.41. The first-order chi connectivity index (χ1) is 12.9. The van der Waals surface area contributed by atoms with Gasteiger partial charge in [-0.15, -0.1) is 11.8 Å². The van der Waals surface area contributed by atoms with Gasteiger partial charge in [-0.05, 0) is 43.3 Å². The highest BCUT2D eigenvalue weighted by molar-refractivity contribution is 9.10. The number of aromatic nitrogens is 2. The molecule has 0 fully saturated rings. The lowest BCUT2D eigenvalue weighted by molar-refractivity contribution is 0.102. The van der Waals surface area contributed by atoms with Crippen LogP contribution in [0.15, 0.2) is 73.3 Å². The highest BCUT2D eigenvalue weighted by atomic mass is 79.9. The summed E-state index contributed by atoms with van der Waals surface area (Å²) in [6, 6.07) is 12.6. The molecule has 2 N–H and O–H groups in total. The average molecular weight is 446 g/mol. The van der Waals surface area contributed by atoms with Crippen molar-refractivity contribution in [2.24, 2.45) is 0 Å². The number of aromatic amines is 1. The fourth-order valence-electron chi connectivity index (χ4n) is 2.30. The summed E-state index contributed by atoms with van der Waals surface area (Å²) in [5, 5.41) is 6.56. The maximum absolute atomic E-state index is 12.7. The molecule has 0 aliphatic carbocycles. The summed E-state index contributed by atoms with van der Waals surface area (Å²) in [6.07, 6.45) is 0. The molecule has 8 heteroatoms. The SMILES string of the molecule is C=C(C)CSc1cccc(C(=O)Nc2ccc(Br)cc2-c2noc(=O)[nH]2)c1. The number of nitrogens with zero attached hydrogens (tertiary/aromatic N) is 1. The molecule has 0 unspecified atom stereocenters. The Morgan fingerprint density at radius 1 is 1.33 bits per heavy atom. The van der Waals surface area contributed by atoms with E-state index in [4.69, 9.17) is 0 Å². The minimum atomic E-state index is -0.663. The number of rotatable bonds is 6. The lowest BCUT2D eigenvalue weighted by Gasteiger charge is -2.10. The first-order valence-electron chi connectivity index (χ1n) is 7.97. The molecule has 1 amide bonds.